The first kappa shape index (κ1) is 18.1. The van der Waals surface area contributed by atoms with Crippen LogP contribution in [0.3, 0.4) is 0 Å². The fraction of sp³-hybridized carbons (Fsp3) is 0.435. The first-order valence-electron chi connectivity index (χ1n) is 9.71. The summed E-state index contributed by atoms with van der Waals surface area (Å²) in [5.41, 5.74) is 2.49. The maximum absolute atomic E-state index is 13.2. The van der Waals surface area contributed by atoms with E-state index in [0.717, 1.165) is 25.0 Å². The Morgan fingerprint density at radius 1 is 1.00 bits per heavy atom. The maximum Gasteiger partial charge on any atom is 0.316 e. The number of fused-ring (bicyclic) bond motifs is 2. The first-order chi connectivity index (χ1) is 13.1. The predicted octanol–water partition coefficient (Wildman–Crippen LogP) is 4.18. The second-order valence-corrected chi connectivity index (χ2v) is 7.84. The molecule has 0 saturated carbocycles. The summed E-state index contributed by atoms with van der Waals surface area (Å²) >= 11 is 0. The summed E-state index contributed by atoms with van der Waals surface area (Å²) in [6.07, 6.45) is 3.24. The normalized spacial score (nSPS) is 27.4. The van der Waals surface area contributed by atoms with Gasteiger partial charge in [-0.15, -0.1) is 0 Å². The Bertz CT molecular complexity index is 799. The van der Waals surface area contributed by atoms with Gasteiger partial charge in [-0.3, -0.25) is 9.69 Å². The van der Waals surface area contributed by atoms with Crippen LogP contribution >= 0.6 is 0 Å². The lowest BCUT2D eigenvalue weighted by Gasteiger charge is -2.41. The van der Waals surface area contributed by atoms with Gasteiger partial charge < -0.3 is 9.47 Å². The number of ether oxygens (including phenoxy) is 2. The summed E-state index contributed by atoms with van der Waals surface area (Å²) in [6, 6.07) is 16.7. The Hall–Kier alpha value is -2.33. The molecule has 0 aromatic heterocycles. The topological polar surface area (TPSA) is 38.8 Å². The summed E-state index contributed by atoms with van der Waals surface area (Å²) < 4.78 is 11.0. The summed E-state index contributed by atoms with van der Waals surface area (Å²) in [4.78, 5) is 15.6. The molecule has 0 amide bonds. The Morgan fingerprint density at radius 3 is 2.33 bits per heavy atom. The summed E-state index contributed by atoms with van der Waals surface area (Å²) in [7, 11) is 3.78. The zero-order chi connectivity index (χ0) is 19.0. The third kappa shape index (κ3) is 3.46. The number of piperidine rings is 1. The van der Waals surface area contributed by atoms with Crippen molar-refractivity contribution in [3.05, 3.63) is 59.7 Å². The van der Waals surface area contributed by atoms with Crippen LogP contribution in [0.1, 0.15) is 36.3 Å². The van der Waals surface area contributed by atoms with Gasteiger partial charge in [0, 0.05) is 18.0 Å². The SMILES string of the molecule is COc1ccc(OC(=O)[C@H]2[C@@H](c3ccc(C)cc3)C[C@@H]3CC[C@H]2N3C)cc1. The van der Waals surface area contributed by atoms with E-state index in [-0.39, 0.29) is 23.8 Å². The van der Waals surface area contributed by atoms with Crippen molar-refractivity contribution in [2.75, 3.05) is 14.2 Å². The van der Waals surface area contributed by atoms with Crippen molar-refractivity contribution >= 4 is 5.97 Å². The fourth-order valence-electron chi connectivity index (χ4n) is 4.77. The highest BCUT2D eigenvalue weighted by Gasteiger charge is 2.49. The van der Waals surface area contributed by atoms with Crippen LogP contribution in [0.15, 0.2) is 48.5 Å². The molecule has 2 aromatic rings. The molecule has 27 heavy (non-hydrogen) atoms. The minimum Gasteiger partial charge on any atom is -0.497 e. The van der Waals surface area contributed by atoms with Gasteiger partial charge in [0.15, 0.2) is 0 Å². The third-order valence-electron chi connectivity index (χ3n) is 6.32. The average Bonchev–Trinajstić information content (AvgIpc) is 2.91. The van der Waals surface area contributed by atoms with Crippen molar-refractivity contribution in [1.29, 1.82) is 0 Å². The van der Waals surface area contributed by atoms with E-state index in [4.69, 9.17) is 9.47 Å². The second kappa shape index (κ2) is 7.35. The number of methoxy groups -OCH3 is 1. The van der Waals surface area contributed by atoms with Gasteiger partial charge in [0.05, 0.1) is 13.0 Å². The smallest absolute Gasteiger partial charge is 0.316 e. The number of nitrogens with zero attached hydrogens (tertiary/aromatic N) is 1. The maximum atomic E-state index is 13.2. The summed E-state index contributed by atoms with van der Waals surface area (Å²) in [5, 5.41) is 0. The standard InChI is InChI=1S/C23H27NO3/c1-15-4-6-16(7-5-15)20-14-17-8-13-21(24(17)2)22(20)23(25)27-19-11-9-18(26-3)10-12-19/h4-7,9-12,17,20-22H,8,13-14H2,1-3H3/t17-,20+,21+,22-/m0/s1. The van der Waals surface area contributed by atoms with E-state index in [1.54, 1.807) is 19.2 Å². The molecule has 142 valence electrons. The molecule has 2 bridgehead atoms. The van der Waals surface area contributed by atoms with Gasteiger partial charge in [-0.05, 0) is 63.1 Å². The highest BCUT2D eigenvalue weighted by atomic mass is 16.5. The van der Waals surface area contributed by atoms with E-state index in [0.29, 0.717) is 11.8 Å². The Morgan fingerprint density at radius 2 is 1.67 bits per heavy atom. The number of benzene rings is 2. The summed E-state index contributed by atoms with van der Waals surface area (Å²) in [6.45, 7) is 2.09. The molecule has 4 nitrogen and oxygen atoms in total. The van der Waals surface area contributed by atoms with Gasteiger partial charge in [-0.25, -0.2) is 0 Å². The predicted molar refractivity (Wildman–Crippen MR) is 105 cm³/mol. The molecule has 2 heterocycles. The van der Waals surface area contributed by atoms with Crippen LogP contribution in [0.25, 0.3) is 0 Å². The lowest BCUT2D eigenvalue weighted by Crippen LogP contribution is -2.49. The molecule has 2 saturated heterocycles. The lowest BCUT2D eigenvalue weighted by atomic mass is 9.76. The number of carbonyl (C=O) groups is 1. The number of aryl methyl sites for hydroxylation is 1. The van der Waals surface area contributed by atoms with Crippen molar-refractivity contribution in [2.24, 2.45) is 5.92 Å². The number of hydrogen-bond acceptors (Lipinski definition) is 4. The number of esters is 1. The van der Waals surface area contributed by atoms with Gasteiger partial charge >= 0.3 is 5.97 Å². The molecule has 4 atom stereocenters. The molecule has 2 aromatic carbocycles. The number of rotatable bonds is 4. The fourth-order valence-corrected chi connectivity index (χ4v) is 4.77. The Labute approximate surface area is 161 Å². The minimum atomic E-state index is -0.140. The van der Waals surface area contributed by atoms with E-state index in [2.05, 4.69) is 43.1 Å². The molecule has 0 unspecified atom stereocenters. The third-order valence-corrected chi connectivity index (χ3v) is 6.32. The quantitative estimate of drug-likeness (QED) is 0.602. The van der Waals surface area contributed by atoms with E-state index in [1.807, 2.05) is 12.1 Å². The number of carbonyl (C=O) groups excluding carboxylic acids is 1. The molecule has 0 spiro atoms. The van der Waals surface area contributed by atoms with Gasteiger partial charge in [0.2, 0.25) is 0 Å². The largest absolute Gasteiger partial charge is 0.497 e. The van der Waals surface area contributed by atoms with Gasteiger partial charge in [0.25, 0.3) is 0 Å². The van der Waals surface area contributed by atoms with Crippen molar-refractivity contribution in [2.45, 2.75) is 44.2 Å². The van der Waals surface area contributed by atoms with Crippen LogP contribution in [-0.4, -0.2) is 37.1 Å². The minimum absolute atomic E-state index is 0.122. The Balaban J connectivity index is 1.60. The van der Waals surface area contributed by atoms with Crippen LogP contribution in [0.4, 0.5) is 0 Å². The monoisotopic (exact) mass is 365 g/mol. The van der Waals surface area contributed by atoms with Crippen molar-refractivity contribution in [1.82, 2.24) is 4.90 Å². The van der Waals surface area contributed by atoms with E-state index >= 15 is 0 Å². The molecule has 4 heteroatoms. The lowest BCUT2D eigenvalue weighted by molar-refractivity contribution is -0.143. The van der Waals surface area contributed by atoms with Crippen molar-refractivity contribution < 1.29 is 14.3 Å². The molecule has 2 aliphatic rings. The molecular formula is C23H27NO3. The molecule has 0 N–H and O–H groups in total. The first-order valence-corrected chi connectivity index (χ1v) is 9.71. The van der Waals surface area contributed by atoms with Gasteiger partial charge in [-0.1, -0.05) is 29.8 Å². The van der Waals surface area contributed by atoms with Gasteiger partial charge in [0.1, 0.15) is 11.5 Å². The second-order valence-electron chi connectivity index (χ2n) is 7.84. The van der Waals surface area contributed by atoms with Crippen LogP contribution in [0.2, 0.25) is 0 Å². The highest BCUT2D eigenvalue weighted by Crippen LogP contribution is 2.46. The zero-order valence-corrected chi connectivity index (χ0v) is 16.2. The number of hydrogen-bond donors (Lipinski definition) is 0. The van der Waals surface area contributed by atoms with Crippen LogP contribution in [-0.2, 0) is 4.79 Å². The van der Waals surface area contributed by atoms with E-state index in [1.165, 1.54) is 11.1 Å². The van der Waals surface area contributed by atoms with E-state index in [9.17, 15) is 4.79 Å². The Kier molecular flexibility index (Phi) is 4.92. The van der Waals surface area contributed by atoms with Crippen LogP contribution in [0, 0.1) is 12.8 Å². The zero-order valence-electron chi connectivity index (χ0n) is 16.2. The highest BCUT2D eigenvalue weighted by molar-refractivity contribution is 5.77. The molecule has 2 aliphatic heterocycles. The van der Waals surface area contributed by atoms with Crippen molar-refractivity contribution in [3.8, 4) is 11.5 Å². The molecular weight excluding hydrogens is 338 g/mol. The summed E-state index contributed by atoms with van der Waals surface area (Å²) in [5.74, 6) is 1.28. The van der Waals surface area contributed by atoms with E-state index < -0.39 is 0 Å². The average molecular weight is 365 g/mol. The molecule has 0 aliphatic carbocycles. The van der Waals surface area contributed by atoms with Crippen LogP contribution in [0.5, 0.6) is 11.5 Å². The van der Waals surface area contributed by atoms with Gasteiger partial charge in [-0.2, -0.15) is 0 Å². The molecule has 2 fully saturated rings. The molecule has 4 rings (SSSR count). The van der Waals surface area contributed by atoms with Crippen LogP contribution < -0.4 is 9.47 Å². The van der Waals surface area contributed by atoms with Crippen molar-refractivity contribution in [3.63, 3.8) is 0 Å². The molecule has 0 radical (unpaired) electrons.